The highest BCUT2D eigenvalue weighted by molar-refractivity contribution is 7.89. The van der Waals surface area contributed by atoms with E-state index >= 15 is 0 Å². The summed E-state index contributed by atoms with van der Waals surface area (Å²) in [6, 6.07) is 23.2. The number of sulfonamides is 1. The molecule has 0 aliphatic heterocycles. The van der Waals surface area contributed by atoms with Gasteiger partial charge < -0.3 is 4.74 Å². The predicted octanol–water partition coefficient (Wildman–Crippen LogP) is 5.69. The first-order valence-electron chi connectivity index (χ1n) is 9.41. The maximum absolute atomic E-state index is 13.6. The SMILES string of the molecule is CC[C@@H](c1ccccc1)N(Cc1ccc(OC)cc1)S(=O)(=O)c1ccc(Cl)cc1. The summed E-state index contributed by atoms with van der Waals surface area (Å²) in [4.78, 5) is 0.227. The van der Waals surface area contributed by atoms with Crippen molar-refractivity contribution in [2.24, 2.45) is 0 Å². The van der Waals surface area contributed by atoms with Crippen molar-refractivity contribution in [1.82, 2.24) is 4.31 Å². The number of hydrogen-bond donors (Lipinski definition) is 0. The summed E-state index contributed by atoms with van der Waals surface area (Å²) in [6.07, 6.45) is 0.646. The third-order valence-corrected chi connectivity index (χ3v) is 6.96. The van der Waals surface area contributed by atoms with E-state index in [1.807, 2.05) is 61.5 Å². The van der Waals surface area contributed by atoms with Crippen molar-refractivity contribution < 1.29 is 13.2 Å². The Morgan fingerprint density at radius 3 is 2.10 bits per heavy atom. The normalized spacial score (nSPS) is 12.7. The van der Waals surface area contributed by atoms with Crippen molar-refractivity contribution in [1.29, 1.82) is 0 Å². The molecule has 3 aromatic carbocycles. The van der Waals surface area contributed by atoms with Gasteiger partial charge in [-0.1, -0.05) is 61.0 Å². The predicted molar refractivity (Wildman–Crippen MR) is 117 cm³/mol. The average Bonchev–Trinajstić information content (AvgIpc) is 2.75. The van der Waals surface area contributed by atoms with Gasteiger partial charge in [0, 0.05) is 11.6 Å². The van der Waals surface area contributed by atoms with Crippen molar-refractivity contribution in [2.45, 2.75) is 30.8 Å². The van der Waals surface area contributed by atoms with Gasteiger partial charge in [0.1, 0.15) is 5.75 Å². The largest absolute Gasteiger partial charge is 0.497 e. The molecular weight excluding hydrogens is 406 g/mol. The van der Waals surface area contributed by atoms with Gasteiger partial charge in [-0.25, -0.2) is 8.42 Å². The van der Waals surface area contributed by atoms with Crippen LogP contribution in [0.3, 0.4) is 0 Å². The lowest BCUT2D eigenvalue weighted by Gasteiger charge is -2.31. The van der Waals surface area contributed by atoms with Gasteiger partial charge >= 0.3 is 0 Å². The molecule has 3 rings (SSSR count). The van der Waals surface area contributed by atoms with E-state index < -0.39 is 10.0 Å². The summed E-state index contributed by atoms with van der Waals surface area (Å²) in [6.45, 7) is 2.25. The number of methoxy groups -OCH3 is 1. The minimum atomic E-state index is -3.75. The Labute approximate surface area is 177 Å². The van der Waals surface area contributed by atoms with Crippen LogP contribution in [0.25, 0.3) is 0 Å². The summed E-state index contributed by atoms with van der Waals surface area (Å²) in [7, 11) is -2.14. The zero-order valence-corrected chi connectivity index (χ0v) is 18.0. The van der Waals surface area contributed by atoms with Gasteiger partial charge in [0.05, 0.1) is 18.0 Å². The van der Waals surface area contributed by atoms with Gasteiger partial charge in [-0.3, -0.25) is 0 Å². The molecule has 0 N–H and O–H groups in total. The number of benzene rings is 3. The minimum absolute atomic E-state index is 0.227. The third-order valence-electron chi connectivity index (χ3n) is 4.84. The summed E-state index contributed by atoms with van der Waals surface area (Å²) in [5.41, 5.74) is 1.85. The molecule has 0 bridgehead atoms. The first-order valence-corrected chi connectivity index (χ1v) is 11.2. The van der Waals surface area contributed by atoms with Crippen LogP contribution in [0.2, 0.25) is 5.02 Å². The number of ether oxygens (including phenoxy) is 1. The van der Waals surface area contributed by atoms with E-state index in [-0.39, 0.29) is 17.5 Å². The van der Waals surface area contributed by atoms with Gasteiger partial charge in [0.25, 0.3) is 0 Å². The molecule has 3 aromatic rings. The Morgan fingerprint density at radius 1 is 0.931 bits per heavy atom. The van der Waals surface area contributed by atoms with Crippen LogP contribution in [0.4, 0.5) is 0 Å². The summed E-state index contributed by atoms with van der Waals surface area (Å²) in [5.74, 6) is 0.732. The highest BCUT2D eigenvalue weighted by Crippen LogP contribution is 2.32. The number of nitrogens with zero attached hydrogens (tertiary/aromatic N) is 1. The molecule has 0 aromatic heterocycles. The van der Waals surface area contributed by atoms with Crippen LogP contribution in [-0.2, 0) is 16.6 Å². The van der Waals surface area contributed by atoms with E-state index in [2.05, 4.69) is 0 Å². The van der Waals surface area contributed by atoms with E-state index in [0.29, 0.717) is 11.4 Å². The highest BCUT2D eigenvalue weighted by atomic mass is 35.5. The maximum Gasteiger partial charge on any atom is 0.243 e. The minimum Gasteiger partial charge on any atom is -0.497 e. The maximum atomic E-state index is 13.6. The van der Waals surface area contributed by atoms with Gasteiger partial charge in [0.2, 0.25) is 10.0 Å². The molecule has 6 heteroatoms. The van der Waals surface area contributed by atoms with E-state index in [1.54, 1.807) is 35.7 Å². The number of hydrogen-bond acceptors (Lipinski definition) is 3. The third kappa shape index (κ3) is 4.99. The Hall–Kier alpha value is -2.34. The topological polar surface area (TPSA) is 46.6 Å². The molecule has 4 nitrogen and oxygen atoms in total. The van der Waals surface area contributed by atoms with Crippen LogP contribution in [0, 0.1) is 0 Å². The first-order chi connectivity index (χ1) is 14.0. The lowest BCUT2D eigenvalue weighted by atomic mass is 10.0. The molecule has 0 spiro atoms. The molecule has 0 fully saturated rings. The van der Waals surface area contributed by atoms with Crippen molar-refractivity contribution >= 4 is 21.6 Å². The Balaban J connectivity index is 2.05. The molecule has 0 heterocycles. The van der Waals surface area contributed by atoms with Crippen LogP contribution in [-0.4, -0.2) is 19.8 Å². The molecule has 0 saturated heterocycles. The van der Waals surface area contributed by atoms with Crippen molar-refractivity contribution in [3.8, 4) is 5.75 Å². The van der Waals surface area contributed by atoms with Gasteiger partial charge in [0.15, 0.2) is 0 Å². The summed E-state index contributed by atoms with van der Waals surface area (Å²) in [5, 5.41) is 0.501. The van der Waals surface area contributed by atoms with Crippen molar-refractivity contribution in [2.75, 3.05) is 7.11 Å². The first kappa shape index (κ1) is 21.4. The fourth-order valence-corrected chi connectivity index (χ4v) is 5.10. The second kappa shape index (κ2) is 9.44. The smallest absolute Gasteiger partial charge is 0.243 e. The summed E-state index contributed by atoms with van der Waals surface area (Å²) >= 11 is 5.97. The molecular formula is C23H24ClNO3S. The standard InChI is InChI=1S/C23H24ClNO3S/c1-3-23(19-7-5-4-6-8-19)25(17-18-9-13-21(28-2)14-10-18)29(26,27)22-15-11-20(24)12-16-22/h4-16,23H,3,17H2,1-2H3/t23-/m0/s1. The lowest BCUT2D eigenvalue weighted by molar-refractivity contribution is 0.309. The van der Waals surface area contributed by atoms with Gasteiger partial charge in [-0.05, 0) is 53.9 Å². The van der Waals surface area contributed by atoms with E-state index in [4.69, 9.17) is 16.3 Å². The van der Waals surface area contributed by atoms with Crippen LogP contribution >= 0.6 is 11.6 Å². The Bertz CT molecular complexity index is 1020. The molecule has 0 radical (unpaired) electrons. The van der Waals surface area contributed by atoms with Crippen LogP contribution in [0.5, 0.6) is 5.75 Å². The van der Waals surface area contributed by atoms with Crippen molar-refractivity contribution in [3.05, 3.63) is 95.0 Å². The second-order valence-corrected chi connectivity index (χ2v) is 9.01. The number of halogens is 1. The Kier molecular flexibility index (Phi) is 6.96. The lowest BCUT2D eigenvalue weighted by Crippen LogP contribution is -2.34. The van der Waals surface area contributed by atoms with Gasteiger partial charge in [-0.15, -0.1) is 0 Å². The fourth-order valence-electron chi connectivity index (χ4n) is 3.30. The van der Waals surface area contributed by atoms with Gasteiger partial charge in [-0.2, -0.15) is 4.31 Å². The van der Waals surface area contributed by atoms with Crippen LogP contribution < -0.4 is 4.74 Å². The Morgan fingerprint density at radius 2 is 1.55 bits per heavy atom. The van der Waals surface area contributed by atoms with E-state index in [0.717, 1.165) is 16.9 Å². The average molecular weight is 430 g/mol. The summed E-state index contributed by atoms with van der Waals surface area (Å²) < 4.78 is 34.0. The molecule has 1 atom stereocenters. The molecule has 0 aliphatic carbocycles. The fraction of sp³-hybridized carbons (Fsp3) is 0.217. The molecule has 0 unspecified atom stereocenters. The molecule has 0 aliphatic rings. The molecule has 29 heavy (non-hydrogen) atoms. The zero-order chi connectivity index (χ0) is 20.9. The zero-order valence-electron chi connectivity index (χ0n) is 16.5. The quantitative estimate of drug-likeness (QED) is 0.462. The molecule has 0 amide bonds. The van der Waals surface area contributed by atoms with E-state index in [1.165, 1.54) is 0 Å². The van der Waals surface area contributed by atoms with Crippen molar-refractivity contribution in [3.63, 3.8) is 0 Å². The second-order valence-electron chi connectivity index (χ2n) is 6.69. The molecule has 0 saturated carbocycles. The molecule has 152 valence electrons. The van der Waals surface area contributed by atoms with Crippen LogP contribution in [0.15, 0.2) is 83.8 Å². The van der Waals surface area contributed by atoms with Crippen LogP contribution in [0.1, 0.15) is 30.5 Å². The monoisotopic (exact) mass is 429 g/mol. The van der Waals surface area contributed by atoms with E-state index in [9.17, 15) is 8.42 Å². The number of rotatable bonds is 8. The highest BCUT2D eigenvalue weighted by Gasteiger charge is 2.31.